The van der Waals surface area contributed by atoms with Crippen LogP contribution < -0.4 is 4.74 Å². The van der Waals surface area contributed by atoms with E-state index in [4.69, 9.17) is 27.9 Å². The monoisotopic (exact) mass is 487 g/mol. The number of hydrogen-bond donors (Lipinski definition) is 0. The van der Waals surface area contributed by atoms with E-state index in [1.54, 1.807) is 66.7 Å². The molecule has 0 saturated carbocycles. The molecule has 4 nitrogen and oxygen atoms in total. The Morgan fingerprint density at radius 2 is 1.69 bits per heavy atom. The molecule has 0 unspecified atom stereocenters. The summed E-state index contributed by atoms with van der Waals surface area (Å²) in [6.45, 7) is 0.0670. The van der Waals surface area contributed by atoms with E-state index in [0.29, 0.717) is 32.5 Å². The molecule has 0 spiro atoms. The zero-order valence-corrected chi connectivity index (χ0v) is 18.9. The maximum absolute atomic E-state index is 13.8. The third-order valence-corrected chi connectivity index (χ3v) is 6.38. The molecule has 8 heteroatoms. The lowest BCUT2D eigenvalue weighted by Gasteiger charge is -2.14. The quantitative estimate of drug-likeness (QED) is 0.353. The van der Waals surface area contributed by atoms with Crippen LogP contribution in [-0.4, -0.2) is 16.0 Å². The van der Waals surface area contributed by atoms with Crippen LogP contribution in [0.2, 0.25) is 10.0 Å². The topological polar surface area (TPSA) is 46.6 Å². The van der Waals surface area contributed by atoms with Crippen LogP contribution in [0.25, 0.3) is 6.08 Å². The Bertz CT molecular complexity index is 1210. The fourth-order valence-electron chi connectivity index (χ4n) is 3.10. The van der Waals surface area contributed by atoms with E-state index in [2.05, 4.69) is 0 Å². The van der Waals surface area contributed by atoms with Crippen LogP contribution in [-0.2, 0) is 17.9 Å². The zero-order valence-electron chi connectivity index (χ0n) is 16.6. The molecular formula is C24H16Cl2FNO3S. The van der Waals surface area contributed by atoms with Gasteiger partial charge in [0.1, 0.15) is 18.2 Å². The molecule has 0 aliphatic carbocycles. The highest BCUT2D eigenvalue weighted by molar-refractivity contribution is 8.18. The Morgan fingerprint density at radius 1 is 0.969 bits per heavy atom. The van der Waals surface area contributed by atoms with Crippen molar-refractivity contribution in [1.29, 1.82) is 0 Å². The van der Waals surface area contributed by atoms with E-state index >= 15 is 0 Å². The van der Waals surface area contributed by atoms with E-state index < -0.39 is 11.1 Å². The Labute approximate surface area is 198 Å². The summed E-state index contributed by atoms with van der Waals surface area (Å²) in [4.78, 5) is 26.7. The van der Waals surface area contributed by atoms with Crippen molar-refractivity contribution < 1.29 is 18.7 Å². The van der Waals surface area contributed by atoms with Gasteiger partial charge in [0.15, 0.2) is 0 Å². The predicted octanol–water partition coefficient (Wildman–Crippen LogP) is 6.95. The molecule has 1 saturated heterocycles. The maximum Gasteiger partial charge on any atom is 0.293 e. The first-order chi connectivity index (χ1) is 15.4. The largest absolute Gasteiger partial charge is 0.489 e. The molecule has 0 radical (unpaired) electrons. The highest BCUT2D eigenvalue weighted by Gasteiger charge is 2.35. The second kappa shape index (κ2) is 9.77. The molecule has 32 heavy (non-hydrogen) atoms. The summed E-state index contributed by atoms with van der Waals surface area (Å²) >= 11 is 13.2. The summed E-state index contributed by atoms with van der Waals surface area (Å²) in [6, 6.07) is 18.4. The molecule has 0 bridgehead atoms. The van der Waals surface area contributed by atoms with Crippen LogP contribution in [0, 0.1) is 5.82 Å². The van der Waals surface area contributed by atoms with E-state index in [1.165, 1.54) is 6.07 Å². The zero-order chi connectivity index (χ0) is 22.7. The Balaban J connectivity index is 1.49. The third-order valence-electron chi connectivity index (χ3n) is 4.76. The first kappa shape index (κ1) is 22.4. The van der Waals surface area contributed by atoms with Gasteiger partial charge in [-0.3, -0.25) is 14.5 Å². The second-order valence-electron chi connectivity index (χ2n) is 6.92. The van der Waals surface area contributed by atoms with Gasteiger partial charge >= 0.3 is 0 Å². The van der Waals surface area contributed by atoms with E-state index in [0.717, 1.165) is 16.7 Å². The number of carbonyl (C=O) groups excluding carboxylic acids is 2. The number of rotatable bonds is 6. The normalized spacial score (nSPS) is 15.0. The molecule has 0 N–H and O–H groups in total. The number of imide groups is 1. The lowest BCUT2D eigenvalue weighted by molar-refractivity contribution is -0.123. The summed E-state index contributed by atoms with van der Waals surface area (Å²) in [5, 5.41) is 0.379. The average Bonchev–Trinajstić information content (AvgIpc) is 3.03. The molecule has 0 aromatic heterocycles. The summed E-state index contributed by atoms with van der Waals surface area (Å²) in [5.74, 6) is -0.242. The number of nitrogens with zero attached hydrogens (tertiary/aromatic N) is 1. The fourth-order valence-corrected chi connectivity index (χ4v) is 4.46. The van der Waals surface area contributed by atoms with Gasteiger partial charge in [-0.05, 0) is 53.7 Å². The minimum absolute atomic E-state index is 0.00764. The van der Waals surface area contributed by atoms with Crippen molar-refractivity contribution in [1.82, 2.24) is 4.90 Å². The van der Waals surface area contributed by atoms with Crippen molar-refractivity contribution >= 4 is 52.2 Å². The maximum atomic E-state index is 13.8. The smallest absolute Gasteiger partial charge is 0.293 e. The van der Waals surface area contributed by atoms with Crippen molar-refractivity contribution in [2.75, 3.05) is 0 Å². The number of thioether (sulfide) groups is 1. The van der Waals surface area contributed by atoms with Gasteiger partial charge in [0.25, 0.3) is 11.1 Å². The number of ether oxygens (including phenoxy) is 1. The SMILES string of the molecule is O=C1S/C(=C\c2cccc(OCc3ccccc3F)c2)C(=O)N1Cc1c(Cl)cccc1Cl. The highest BCUT2D eigenvalue weighted by Crippen LogP contribution is 2.36. The van der Waals surface area contributed by atoms with Gasteiger partial charge in [-0.25, -0.2) is 4.39 Å². The molecule has 3 aromatic rings. The Kier molecular flexibility index (Phi) is 6.84. The van der Waals surface area contributed by atoms with Gasteiger partial charge < -0.3 is 4.74 Å². The van der Waals surface area contributed by atoms with Gasteiger partial charge in [-0.1, -0.05) is 59.6 Å². The lowest BCUT2D eigenvalue weighted by Crippen LogP contribution is -2.27. The van der Waals surface area contributed by atoms with Gasteiger partial charge in [-0.2, -0.15) is 0 Å². The van der Waals surface area contributed by atoms with Crippen LogP contribution in [0.5, 0.6) is 5.75 Å². The first-order valence-corrected chi connectivity index (χ1v) is 11.1. The molecule has 2 amide bonds. The van der Waals surface area contributed by atoms with Crippen molar-refractivity contribution in [2.24, 2.45) is 0 Å². The highest BCUT2D eigenvalue weighted by atomic mass is 35.5. The molecule has 1 aliphatic heterocycles. The van der Waals surface area contributed by atoms with Crippen molar-refractivity contribution in [3.05, 3.63) is 104 Å². The minimum atomic E-state index is -0.423. The van der Waals surface area contributed by atoms with Crippen LogP contribution in [0.4, 0.5) is 9.18 Å². The van der Waals surface area contributed by atoms with Crippen LogP contribution in [0.3, 0.4) is 0 Å². The summed E-state index contributed by atoms with van der Waals surface area (Å²) < 4.78 is 19.5. The van der Waals surface area contributed by atoms with Gasteiger partial charge in [0.05, 0.1) is 11.4 Å². The third kappa shape index (κ3) is 4.99. The lowest BCUT2D eigenvalue weighted by atomic mass is 10.2. The van der Waals surface area contributed by atoms with Gasteiger partial charge in [0, 0.05) is 21.2 Å². The summed E-state index contributed by atoms with van der Waals surface area (Å²) in [6.07, 6.45) is 1.62. The van der Waals surface area contributed by atoms with E-state index in [1.807, 2.05) is 0 Å². The number of carbonyl (C=O) groups is 2. The molecule has 162 valence electrons. The molecular weight excluding hydrogens is 472 g/mol. The van der Waals surface area contributed by atoms with Crippen LogP contribution >= 0.6 is 35.0 Å². The fraction of sp³-hybridized carbons (Fsp3) is 0.0833. The summed E-state index contributed by atoms with van der Waals surface area (Å²) in [7, 11) is 0. The molecule has 3 aromatic carbocycles. The van der Waals surface area contributed by atoms with Gasteiger partial charge in [0.2, 0.25) is 0 Å². The first-order valence-electron chi connectivity index (χ1n) is 9.57. The van der Waals surface area contributed by atoms with Crippen molar-refractivity contribution in [3.8, 4) is 5.75 Å². The molecule has 0 atom stereocenters. The number of hydrogen-bond acceptors (Lipinski definition) is 4. The number of halogens is 3. The summed E-state index contributed by atoms with van der Waals surface area (Å²) in [5.41, 5.74) is 1.64. The Morgan fingerprint density at radius 3 is 2.44 bits per heavy atom. The molecule has 1 fully saturated rings. The van der Waals surface area contributed by atoms with Gasteiger partial charge in [-0.15, -0.1) is 0 Å². The standard InChI is InChI=1S/C24H16Cl2FNO3S/c25-19-8-4-9-20(26)18(19)13-28-23(29)22(32-24(28)30)12-15-5-3-7-17(11-15)31-14-16-6-1-2-10-21(16)27/h1-12H,13-14H2/b22-12-. The second-order valence-corrected chi connectivity index (χ2v) is 8.73. The average molecular weight is 488 g/mol. The molecule has 1 heterocycles. The predicted molar refractivity (Wildman–Crippen MR) is 125 cm³/mol. The number of amides is 2. The number of benzene rings is 3. The van der Waals surface area contributed by atoms with Crippen LogP contribution in [0.1, 0.15) is 16.7 Å². The van der Waals surface area contributed by atoms with E-state index in [-0.39, 0.29) is 23.9 Å². The Hall–Kier alpha value is -2.80. The van der Waals surface area contributed by atoms with Crippen LogP contribution in [0.15, 0.2) is 71.6 Å². The van der Waals surface area contributed by atoms with Crippen molar-refractivity contribution in [3.63, 3.8) is 0 Å². The molecule has 1 aliphatic rings. The minimum Gasteiger partial charge on any atom is -0.489 e. The molecule has 4 rings (SSSR count). The van der Waals surface area contributed by atoms with Crippen molar-refractivity contribution in [2.45, 2.75) is 13.2 Å². The van der Waals surface area contributed by atoms with E-state index in [9.17, 15) is 14.0 Å².